The molecule has 1 saturated carbocycles. The number of hydrogen-bond acceptors (Lipinski definition) is 3. The van der Waals surface area contributed by atoms with Gasteiger partial charge in [-0.15, -0.1) is 0 Å². The van der Waals surface area contributed by atoms with Gasteiger partial charge in [-0.2, -0.15) is 5.26 Å². The summed E-state index contributed by atoms with van der Waals surface area (Å²) in [5.74, 6) is -0.0503. The number of nitrogens with zero attached hydrogens (tertiary/aromatic N) is 2. The number of hydrogen-bond donors (Lipinski definition) is 1. The lowest BCUT2D eigenvalue weighted by atomic mass is 9.92. The molecule has 0 radical (unpaired) electrons. The maximum atomic E-state index is 12.4. The van der Waals surface area contributed by atoms with Crippen LogP contribution < -0.4 is 5.32 Å². The number of likely N-dealkylation sites (N-methyl/N-ethyl adjacent to an activating group) is 1. The van der Waals surface area contributed by atoms with E-state index in [4.69, 9.17) is 0 Å². The van der Waals surface area contributed by atoms with E-state index < -0.39 is 5.54 Å². The molecule has 1 aliphatic carbocycles. The molecule has 4 nitrogen and oxygen atoms in total. The number of aryl methyl sites for hydroxylation is 2. The fourth-order valence-electron chi connectivity index (χ4n) is 3.52. The van der Waals surface area contributed by atoms with Gasteiger partial charge in [0.05, 0.1) is 12.6 Å². The summed E-state index contributed by atoms with van der Waals surface area (Å²) in [6, 6.07) is 8.77. The van der Waals surface area contributed by atoms with E-state index in [9.17, 15) is 10.1 Å². The zero-order valence-electron chi connectivity index (χ0n) is 15.2. The van der Waals surface area contributed by atoms with Crippen LogP contribution in [-0.2, 0) is 11.3 Å². The lowest BCUT2D eigenvalue weighted by Crippen LogP contribution is -2.50. The van der Waals surface area contributed by atoms with Gasteiger partial charge >= 0.3 is 0 Å². The van der Waals surface area contributed by atoms with Crippen molar-refractivity contribution in [3.8, 4) is 6.07 Å². The topological polar surface area (TPSA) is 56.1 Å². The van der Waals surface area contributed by atoms with Crippen molar-refractivity contribution in [2.24, 2.45) is 0 Å². The van der Waals surface area contributed by atoms with Gasteiger partial charge in [0, 0.05) is 6.54 Å². The first-order chi connectivity index (χ1) is 11.4. The van der Waals surface area contributed by atoms with E-state index in [1.54, 1.807) is 0 Å². The van der Waals surface area contributed by atoms with E-state index in [2.05, 4.69) is 43.4 Å². The number of amides is 1. The molecule has 0 saturated heterocycles. The molecule has 4 heteroatoms. The van der Waals surface area contributed by atoms with Gasteiger partial charge in [0.2, 0.25) is 5.91 Å². The Bertz CT molecular complexity index is 610. The highest BCUT2D eigenvalue weighted by Crippen LogP contribution is 2.26. The van der Waals surface area contributed by atoms with E-state index >= 15 is 0 Å². The standard InChI is InChI=1S/C20H29N3O/c1-16-8-9-18(17(2)12-16)13-23(3)14-19(24)22-20(15-21)10-6-4-5-7-11-20/h8-9,12H,4-7,10-11,13-14H2,1-3H3,(H,22,24). The molecule has 0 atom stereocenters. The molecule has 2 rings (SSSR count). The van der Waals surface area contributed by atoms with E-state index in [1.807, 2.05) is 11.9 Å². The van der Waals surface area contributed by atoms with Crippen molar-refractivity contribution in [3.63, 3.8) is 0 Å². The van der Waals surface area contributed by atoms with E-state index in [1.165, 1.54) is 16.7 Å². The second kappa shape index (κ2) is 8.30. The minimum absolute atomic E-state index is 0.0503. The number of carbonyl (C=O) groups is 1. The Morgan fingerprint density at radius 1 is 1.25 bits per heavy atom. The number of nitrogens with one attached hydrogen (secondary N) is 1. The van der Waals surface area contributed by atoms with Crippen LogP contribution in [0.4, 0.5) is 0 Å². The summed E-state index contributed by atoms with van der Waals surface area (Å²) >= 11 is 0. The molecule has 1 aliphatic rings. The maximum absolute atomic E-state index is 12.4. The summed E-state index contributed by atoms with van der Waals surface area (Å²) in [5.41, 5.74) is 3.08. The third-order valence-corrected chi connectivity index (χ3v) is 4.90. The monoisotopic (exact) mass is 327 g/mol. The Labute approximate surface area is 145 Å². The molecule has 0 bridgehead atoms. The van der Waals surface area contributed by atoms with Crippen molar-refractivity contribution in [2.75, 3.05) is 13.6 Å². The largest absolute Gasteiger partial charge is 0.337 e. The van der Waals surface area contributed by atoms with Crippen LogP contribution >= 0.6 is 0 Å². The Balaban J connectivity index is 1.92. The number of benzene rings is 1. The first-order valence-corrected chi connectivity index (χ1v) is 8.91. The summed E-state index contributed by atoms with van der Waals surface area (Å²) in [6.45, 7) is 5.24. The molecule has 0 heterocycles. The van der Waals surface area contributed by atoms with Gasteiger partial charge in [-0.3, -0.25) is 9.69 Å². The van der Waals surface area contributed by atoms with Crippen LogP contribution in [0.3, 0.4) is 0 Å². The minimum atomic E-state index is -0.659. The highest BCUT2D eigenvalue weighted by Gasteiger charge is 2.32. The molecule has 1 N–H and O–H groups in total. The number of nitriles is 1. The first-order valence-electron chi connectivity index (χ1n) is 8.91. The summed E-state index contributed by atoms with van der Waals surface area (Å²) < 4.78 is 0. The quantitative estimate of drug-likeness (QED) is 0.843. The second-order valence-electron chi connectivity index (χ2n) is 7.26. The van der Waals surface area contributed by atoms with Crippen molar-refractivity contribution >= 4 is 5.91 Å². The molecule has 1 aromatic carbocycles. The first kappa shape index (κ1) is 18.5. The van der Waals surface area contributed by atoms with Gasteiger partial charge in [0.15, 0.2) is 0 Å². The van der Waals surface area contributed by atoms with Crippen LogP contribution in [0, 0.1) is 25.2 Å². The highest BCUT2D eigenvalue weighted by molar-refractivity contribution is 5.79. The van der Waals surface area contributed by atoms with Crippen LogP contribution in [0.1, 0.15) is 55.2 Å². The molecule has 130 valence electrons. The normalized spacial score (nSPS) is 17.1. The lowest BCUT2D eigenvalue weighted by Gasteiger charge is -2.27. The maximum Gasteiger partial charge on any atom is 0.235 e. The van der Waals surface area contributed by atoms with Gasteiger partial charge in [0.1, 0.15) is 5.54 Å². The molecule has 0 aromatic heterocycles. The Morgan fingerprint density at radius 2 is 1.92 bits per heavy atom. The fourth-order valence-corrected chi connectivity index (χ4v) is 3.52. The minimum Gasteiger partial charge on any atom is -0.337 e. The predicted octanol–water partition coefficient (Wildman–Crippen LogP) is 3.47. The van der Waals surface area contributed by atoms with E-state index in [-0.39, 0.29) is 5.91 Å². The molecule has 24 heavy (non-hydrogen) atoms. The number of carbonyl (C=O) groups excluding carboxylic acids is 1. The van der Waals surface area contributed by atoms with Crippen LogP contribution in [0.5, 0.6) is 0 Å². The van der Waals surface area contributed by atoms with Gasteiger partial charge < -0.3 is 5.32 Å². The SMILES string of the molecule is Cc1ccc(CN(C)CC(=O)NC2(C#N)CCCCCC2)c(C)c1. The Morgan fingerprint density at radius 3 is 2.50 bits per heavy atom. The van der Waals surface area contributed by atoms with Crippen molar-refractivity contribution in [1.29, 1.82) is 5.26 Å². The Kier molecular flexibility index (Phi) is 6.39. The zero-order chi connectivity index (χ0) is 17.6. The molecule has 0 aliphatic heterocycles. The molecular formula is C20H29N3O. The van der Waals surface area contributed by atoms with Crippen molar-refractivity contribution < 1.29 is 4.79 Å². The smallest absolute Gasteiger partial charge is 0.235 e. The van der Waals surface area contributed by atoms with Gasteiger partial charge in [0.25, 0.3) is 0 Å². The average molecular weight is 327 g/mol. The third-order valence-electron chi connectivity index (χ3n) is 4.90. The molecule has 1 amide bonds. The van der Waals surface area contributed by atoms with Crippen LogP contribution in [-0.4, -0.2) is 29.9 Å². The van der Waals surface area contributed by atoms with Crippen LogP contribution in [0.25, 0.3) is 0 Å². The van der Waals surface area contributed by atoms with Crippen molar-refractivity contribution in [2.45, 2.75) is 64.5 Å². The van der Waals surface area contributed by atoms with Gasteiger partial charge in [-0.1, -0.05) is 49.4 Å². The van der Waals surface area contributed by atoms with Crippen molar-refractivity contribution in [1.82, 2.24) is 10.2 Å². The zero-order valence-corrected chi connectivity index (χ0v) is 15.2. The summed E-state index contributed by atoms with van der Waals surface area (Å²) in [4.78, 5) is 14.4. The average Bonchev–Trinajstić information content (AvgIpc) is 2.76. The van der Waals surface area contributed by atoms with E-state index in [0.717, 1.165) is 45.1 Å². The van der Waals surface area contributed by atoms with Crippen LogP contribution in [0.2, 0.25) is 0 Å². The number of rotatable bonds is 5. The summed E-state index contributed by atoms with van der Waals surface area (Å²) in [5, 5.41) is 12.6. The van der Waals surface area contributed by atoms with E-state index in [0.29, 0.717) is 6.54 Å². The fraction of sp³-hybridized carbons (Fsp3) is 0.600. The van der Waals surface area contributed by atoms with Crippen LogP contribution in [0.15, 0.2) is 18.2 Å². The summed E-state index contributed by atoms with van der Waals surface area (Å²) in [7, 11) is 1.95. The second-order valence-corrected chi connectivity index (χ2v) is 7.26. The Hall–Kier alpha value is -1.86. The molecule has 1 aromatic rings. The van der Waals surface area contributed by atoms with Crippen molar-refractivity contribution in [3.05, 3.63) is 34.9 Å². The van der Waals surface area contributed by atoms with Gasteiger partial charge in [-0.25, -0.2) is 0 Å². The molecular weight excluding hydrogens is 298 g/mol. The molecule has 0 unspecified atom stereocenters. The predicted molar refractivity (Wildman–Crippen MR) is 96.4 cm³/mol. The summed E-state index contributed by atoms with van der Waals surface area (Å²) in [6.07, 6.45) is 5.91. The molecule has 1 fully saturated rings. The van der Waals surface area contributed by atoms with Gasteiger partial charge in [-0.05, 0) is 44.9 Å². The highest BCUT2D eigenvalue weighted by atomic mass is 16.2. The third kappa shape index (κ3) is 5.07. The lowest BCUT2D eigenvalue weighted by molar-refractivity contribution is -0.123. The molecule has 0 spiro atoms.